The smallest absolute Gasteiger partial charge is 0.191 e. The van der Waals surface area contributed by atoms with E-state index in [-0.39, 0.29) is 41.6 Å². The highest BCUT2D eigenvalue weighted by Crippen LogP contribution is 2.16. The van der Waals surface area contributed by atoms with Crippen LogP contribution in [0.5, 0.6) is 5.75 Å². The van der Waals surface area contributed by atoms with Gasteiger partial charge in [0.15, 0.2) is 17.5 Å². The number of nitrogens with one attached hydrogen (secondary N) is 2. The van der Waals surface area contributed by atoms with Crippen LogP contribution in [-0.4, -0.2) is 32.2 Å². The second-order valence-corrected chi connectivity index (χ2v) is 3.98. The van der Waals surface area contributed by atoms with Gasteiger partial charge in [0.05, 0.1) is 6.54 Å². The van der Waals surface area contributed by atoms with Crippen molar-refractivity contribution in [1.29, 1.82) is 0 Å². The van der Waals surface area contributed by atoms with Crippen LogP contribution in [0, 0.1) is 5.82 Å². The van der Waals surface area contributed by atoms with Gasteiger partial charge in [0.2, 0.25) is 0 Å². The van der Waals surface area contributed by atoms with E-state index in [0.717, 1.165) is 0 Å². The molecular formula is C14H21FIN3O. The molecule has 0 saturated heterocycles. The number of hydrogen-bond acceptors (Lipinski definition) is 2. The number of aliphatic imine (C=N–C) groups is 1. The number of hydrogen-bond donors (Lipinski definition) is 2. The van der Waals surface area contributed by atoms with Gasteiger partial charge in [-0.25, -0.2) is 4.39 Å². The molecule has 20 heavy (non-hydrogen) atoms. The van der Waals surface area contributed by atoms with E-state index >= 15 is 0 Å². The quantitative estimate of drug-likeness (QED) is 0.338. The Hall–Kier alpha value is -1.31. The lowest BCUT2D eigenvalue weighted by molar-refractivity contribution is 0.214. The maximum absolute atomic E-state index is 13.4. The van der Waals surface area contributed by atoms with Gasteiger partial charge in [-0.3, -0.25) is 4.99 Å². The molecule has 0 bridgehead atoms. The average Bonchev–Trinajstić information content (AvgIpc) is 2.41. The van der Waals surface area contributed by atoms with Gasteiger partial charge in [-0.05, 0) is 19.1 Å². The summed E-state index contributed by atoms with van der Waals surface area (Å²) in [4.78, 5) is 4.04. The monoisotopic (exact) mass is 393 g/mol. The standard InChI is InChI=1S/C14H20FN3O.HI/c1-4-9-17-14(16-3)18-10-11(2)19-13-8-6-5-7-12(13)15;/h4-8,11H,1,9-10H2,2-3H3,(H2,16,17,18);1H. The van der Waals surface area contributed by atoms with Gasteiger partial charge in [-0.2, -0.15) is 0 Å². The lowest BCUT2D eigenvalue weighted by Crippen LogP contribution is -2.41. The lowest BCUT2D eigenvalue weighted by atomic mass is 10.3. The largest absolute Gasteiger partial charge is 0.486 e. The van der Waals surface area contributed by atoms with Gasteiger partial charge < -0.3 is 15.4 Å². The number of rotatable bonds is 6. The van der Waals surface area contributed by atoms with E-state index in [1.807, 2.05) is 6.92 Å². The fourth-order valence-corrected chi connectivity index (χ4v) is 1.43. The van der Waals surface area contributed by atoms with Gasteiger partial charge >= 0.3 is 0 Å². The minimum Gasteiger partial charge on any atom is -0.486 e. The summed E-state index contributed by atoms with van der Waals surface area (Å²) >= 11 is 0. The van der Waals surface area contributed by atoms with Crippen molar-refractivity contribution in [3.05, 3.63) is 42.7 Å². The normalized spacial score (nSPS) is 12.1. The Morgan fingerprint density at radius 1 is 1.45 bits per heavy atom. The Kier molecular flexibility index (Phi) is 9.79. The molecule has 0 radical (unpaired) electrons. The number of guanidine groups is 1. The van der Waals surface area contributed by atoms with E-state index in [4.69, 9.17) is 4.74 Å². The molecule has 1 unspecified atom stereocenters. The fourth-order valence-electron chi connectivity index (χ4n) is 1.43. The van der Waals surface area contributed by atoms with Gasteiger partial charge in [0.1, 0.15) is 6.10 Å². The van der Waals surface area contributed by atoms with Crippen LogP contribution in [0.25, 0.3) is 0 Å². The van der Waals surface area contributed by atoms with Crippen LogP contribution in [0.15, 0.2) is 41.9 Å². The molecule has 0 aliphatic heterocycles. The minimum atomic E-state index is -0.358. The van der Waals surface area contributed by atoms with Crippen LogP contribution >= 0.6 is 24.0 Å². The third-order valence-electron chi connectivity index (χ3n) is 2.36. The number of halogens is 2. The number of para-hydroxylation sites is 1. The molecule has 0 spiro atoms. The molecule has 0 fully saturated rings. The Labute approximate surface area is 136 Å². The summed E-state index contributed by atoms with van der Waals surface area (Å²) in [6.45, 7) is 6.62. The SMILES string of the molecule is C=CCNC(=NC)NCC(C)Oc1ccccc1F.I. The van der Waals surface area contributed by atoms with E-state index in [9.17, 15) is 4.39 Å². The lowest BCUT2D eigenvalue weighted by Gasteiger charge is -2.17. The van der Waals surface area contributed by atoms with Crippen LogP contribution in [0.4, 0.5) is 4.39 Å². The maximum Gasteiger partial charge on any atom is 0.191 e. The zero-order valence-corrected chi connectivity index (χ0v) is 14.1. The van der Waals surface area contributed by atoms with Crippen molar-refractivity contribution in [2.24, 2.45) is 4.99 Å². The molecule has 2 N–H and O–H groups in total. The van der Waals surface area contributed by atoms with Crippen LogP contribution < -0.4 is 15.4 Å². The second kappa shape index (κ2) is 10.5. The van der Waals surface area contributed by atoms with Crippen LogP contribution in [0.2, 0.25) is 0 Å². The Balaban J connectivity index is 0.00000361. The number of ether oxygens (including phenoxy) is 1. The summed E-state index contributed by atoms with van der Waals surface area (Å²) < 4.78 is 18.9. The highest BCUT2D eigenvalue weighted by molar-refractivity contribution is 14.0. The van der Waals surface area contributed by atoms with Crippen molar-refractivity contribution < 1.29 is 9.13 Å². The summed E-state index contributed by atoms with van der Waals surface area (Å²) in [5, 5.41) is 6.13. The molecule has 0 saturated carbocycles. The van der Waals surface area contributed by atoms with E-state index in [1.54, 1.807) is 31.3 Å². The van der Waals surface area contributed by atoms with Crippen LogP contribution in [-0.2, 0) is 0 Å². The summed E-state index contributed by atoms with van der Waals surface area (Å²) in [6.07, 6.45) is 1.56. The van der Waals surface area contributed by atoms with Crippen molar-refractivity contribution in [3.63, 3.8) is 0 Å². The molecule has 4 nitrogen and oxygen atoms in total. The molecule has 0 aromatic heterocycles. The zero-order valence-electron chi connectivity index (χ0n) is 11.7. The van der Waals surface area contributed by atoms with Crippen molar-refractivity contribution in [3.8, 4) is 5.75 Å². The zero-order chi connectivity index (χ0) is 14.1. The van der Waals surface area contributed by atoms with E-state index in [2.05, 4.69) is 22.2 Å². The molecule has 112 valence electrons. The average molecular weight is 393 g/mol. The van der Waals surface area contributed by atoms with Gasteiger partial charge in [-0.1, -0.05) is 18.2 Å². The Bertz CT molecular complexity index is 440. The number of nitrogens with zero attached hydrogens (tertiary/aromatic N) is 1. The summed E-state index contributed by atoms with van der Waals surface area (Å²) in [5.41, 5.74) is 0. The predicted octanol–water partition coefficient (Wildman–Crippen LogP) is 2.56. The molecule has 0 heterocycles. The van der Waals surface area contributed by atoms with Gasteiger partial charge in [-0.15, -0.1) is 30.6 Å². The molecule has 0 aliphatic rings. The van der Waals surface area contributed by atoms with Gasteiger partial charge in [0.25, 0.3) is 0 Å². The third kappa shape index (κ3) is 6.74. The summed E-state index contributed by atoms with van der Waals surface area (Å²) in [6, 6.07) is 6.35. The first-order valence-electron chi connectivity index (χ1n) is 6.14. The van der Waals surface area contributed by atoms with Crippen LogP contribution in [0.1, 0.15) is 6.92 Å². The summed E-state index contributed by atoms with van der Waals surface area (Å²) in [5.74, 6) is 0.554. The molecule has 6 heteroatoms. The van der Waals surface area contributed by atoms with Crippen molar-refractivity contribution in [2.45, 2.75) is 13.0 Å². The molecule has 1 aromatic rings. The van der Waals surface area contributed by atoms with E-state index in [1.165, 1.54) is 6.07 Å². The topological polar surface area (TPSA) is 45.7 Å². The highest BCUT2D eigenvalue weighted by Gasteiger charge is 2.08. The van der Waals surface area contributed by atoms with E-state index < -0.39 is 0 Å². The predicted molar refractivity (Wildman–Crippen MR) is 91.5 cm³/mol. The van der Waals surface area contributed by atoms with Gasteiger partial charge in [0, 0.05) is 13.6 Å². The molecule has 1 aromatic carbocycles. The molecule has 0 aliphatic carbocycles. The minimum absolute atomic E-state index is 0. The first kappa shape index (κ1) is 18.7. The first-order valence-corrected chi connectivity index (χ1v) is 6.14. The maximum atomic E-state index is 13.4. The molecule has 1 atom stereocenters. The highest BCUT2D eigenvalue weighted by atomic mass is 127. The van der Waals surface area contributed by atoms with Crippen molar-refractivity contribution in [2.75, 3.05) is 20.1 Å². The van der Waals surface area contributed by atoms with Crippen molar-refractivity contribution in [1.82, 2.24) is 10.6 Å². The van der Waals surface area contributed by atoms with E-state index in [0.29, 0.717) is 19.0 Å². The first-order chi connectivity index (χ1) is 9.17. The Morgan fingerprint density at radius 3 is 2.75 bits per heavy atom. The number of benzene rings is 1. The fraction of sp³-hybridized carbons (Fsp3) is 0.357. The molecule has 0 amide bonds. The Morgan fingerprint density at radius 2 is 2.15 bits per heavy atom. The molecular weight excluding hydrogens is 372 g/mol. The second-order valence-electron chi connectivity index (χ2n) is 3.98. The van der Waals surface area contributed by atoms with Crippen molar-refractivity contribution >= 4 is 29.9 Å². The molecule has 1 rings (SSSR count). The third-order valence-corrected chi connectivity index (χ3v) is 2.36. The van der Waals surface area contributed by atoms with Crippen LogP contribution in [0.3, 0.4) is 0 Å². The summed E-state index contributed by atoms with van der Waals surface area (Å²) in [7, 11) is 1.68.